The zero-order valence-corrected chi connectivity index (χ0v) is 39.9. The molecule has 7 N–H and O–H groups in total. The molecule has 18 heteroatoms. The molecule has 0 saturated carbocycles. The highest BCUT2D eigenvalue weighted by Gasteiger charge is 2.29. The number of aliphatic hydroxyl groups is 2. The summed E-state index contributed by atoms with van der Waals surface area (Å²) in [6.45, 7) is 3.42. The average Bonchev–Trinajstić information content (AvgIpc) is 3.80. The Kier molecular flexibility index (Phi) is 17.5. The van der Waals surface area contributed by atoms with Gasteiger partial charge in [-0.25, -0.2) is 0 Å². The summed E-state index contributed by atoms with van der Waals surface area (Å²) in [5.41, 5.74) is 10.1. The number of hydrogen-bond acceptors (Lipinski definition) is 14. The number of aliphatic carboxylic acids is 2. The minimum Gasteiger partial charge on any atom is -0.488 e. The predicted molar refractivity (Wildman–Crippen MR) is 266 cm³/mol. The highest BCUT2D eigenvalue weighted by Crippen LogP contribution is 2.40. The van der Waals surface area contributed by atoms with E-state index in [2.05, 4.69) is 32.0 Å². The zero-order valence-electron chi connectivity index (χ0n) is 39.2. The maximum Gasteiger partial charge on any atom is 0.306 e. The number of ether oxygens (including phenoxy) is 3. The molecular formula is C53H54ClN7O10. The molecule has 1 aliphatic heterocycles. The third-order valence-corrected chi connectivity index (χ3v) is 12.1. The number of nitrogens with one attached hydrogen (secondary N) is 3. The lowest BCUT2D eigenvalue weighted by molar-refractivity contribution is -0.140. The normalized spacial score (nSPS) is 12.6. The van der Waals surface area contributed by atoms with Gasteiger partial charge in [0.15, 0.2) is 0 Å². The Labute approximate surface area is 415 Å². The van der Waals surface area contributed by atoms with E-state index in [1.807, 2.05) is 49.4 Å². The van der Waals surface area contributed by atoms with Gasteiger partial charge in [0.2, 0.25) is 0 Å². The molecule has 2 aromatic heterocycles. The van der Waals surface area contributed by atoms with Crippen LogP contribution < -0.4 is 35.1 Å². The number of fused-ring (bicyclic) bond motifs is 1. The first kappa shape index (κ1) is 51.3. The number of carboxylic acids is 2. The molecule has 1 aliphatic rings. The van der Waals surface area contributed by atoms with E-state index < -0.39 is 37.0 Å². The fourth-order valence-electron chi connectivity index (χ4n) is 8.22. The zero-order chi connectivity index (χ0) is 50.4. The third kappa shape index (κ3) is 13.6. The summed E-state index contributed by atoms with van der Waals surface area (Å²) in [5.74, 6) is -1.17. The van der Waals surface area contributed by atoms with Crippen LogP contribution in [0.4, 0.5) is 11.4 Å². The van der Waals surface area contributed by atoms with E-state index in [0.717, 1.165) is 44.8 Å². The molecule has 1 amide bonds. The maximum absolute atomic E-state index is 14.4. The van der Waals surface area contributed by atoms with E-state index in [1.165, 1.54) is 6.20 Å². The molecule has 0 saturated heterocycles. The van der Waals surface area contributed by atoms with Gasteiger partial charge < -0.3 is 55.5 Å². The molecule has 0 aliphatic carbocycles. The largest absolute Gasteiger partial charge is 0.488 e. The van der Waals surface area contributed by atoms with Gasteiger partial charge in [0, 0.05) is 104 Å². The number of aromatic nitrogens is 2. The van der Waals surface area contributed by atoms with E-state index >= 15 is 0 Å². The summed E-state index contributed by atoms with van der Waals surface area (Å²) < 4.78 is 18.9. The number of anilines is 2. The van der Waals surface area contributed by atoms with Crippen LogP contribution >= 0.6 is 11.6 Å². The number of aliphatic hydroxyl groups excluding tert-OH is 2. The van der Waals surface area contributed by atoms with Crippen molar-refractivity contribution in [3.63, 3.8) is 0 Å². The lowest BCUT2D eigenvalue weighted by Crippen LogP contribution is -2.29. The van der Waals surface area contributed by atoms with Crippen molar-refractivity contribution in [3.8, 4) is 34.4 Å². The van der Waals surface area contributed by atoms with Crippen LogP contribution in [0.3, 0.4) is 0 Å². The first-order valence-corrected chi connectivity index (χ1v) is 23.2. The number of benzene rings is 4. The summed E-state index contributed by atoms with van der Waals surface area (Å²) in [6, 6.07) is 26.2. The minimum absolute atomic E-state index is 0.0279. The van der Waals surface area contributed by atoms with Crippen LogP contribution in [-0.4, -0.2) is 87.1 Å². The molecule has 4 aromatic carbocycles. The van der Waals surface area contributed by atoms with Gasteiger partial charge in [-0.2, -0.15) is 5.26 Å². The van der Waals surface area contributed by atoms with Crippen LogP contribution in [0.1, 0.15) is 67.7 Å². The number of carboxylic acid groups (broad SMARTS) is 2. The Hall–Kier alpha value is -7.59. The van der Waals surface area contributed by atoms with Crippen molar-refractivity contribution < 1.29 is 49.0 Å². The third-order valence-electron chi connectivity index (χ3n) is 11.8. The van der Waals surface area contributed by atoms with Gasteiger partial charge in [0.05, 0.1) is 41.3 Å². The monoisotopic (exact) mass is 983 g/mol. The van der Waals surface area contributed by atoms with Crippen LogP contribution in [-0.2, 0) is 48.9 Å². The van der Waals surface area contributed by atoms with E-state index in [1.54, 1.807) is 66.9 Å². The molecule has 2 atom stereocenters. The standard InChI is InChI=1S/C53H54ClN7O10/c1-32-38(31-71-50-19-49(70-30-35-14-40(56-2)26-58-23-35)39(15-46(50)54)25-60-28-42(63)18-52(66)67)5-3-6-43(32)44-7-4-8-47-45(44)11-12-61(47)53(68)36-9-10-37(24-59-27-41(62)17-51(64)65)48(16-36)69-29-34-13-33(20-55)21-57-22-34/h3-10,13-16,19,21-23,26,41-42,56,59-60,62-63H,11-12,17-18,24-25,27-31H2,1-2H3,(H,64,65)(H,66,67)/t41-,42-/m0/s1. The Balaban J connectivity index is 1.09. The predicted octanol–water partition coefficient (Wildman–Crippen LogP) is 6.81. The average molecular weight is 985 g/mol. The molecule has 368 valence electrons. The summed E-state index contributed by atoms with van der Waals surface area (Å²) in [7, 11) is 1.80. The van der Waals surface area contributed by atoms with Crippen LogP contribution in [0, 0.1) is 18.3 Å². The first-order chi connectivity index (χ1) is 34.3. The van der Waals surface area contributed by atoms with Gasteiger partial charge in [0.1, 0.15) is 43.1 Å². The minimum atomic E-state index is -1.11. The van der Waals surface area contributed by atoms with Gasteiger partial charge in [-0.3, -0.25) is 24.4 Å². The molecule has 6 aromatic rings. The fourth-order valence-corrected chi connectivity index (χ4v) is 8.46. The van der Waals surface area contributed by atoms with Crippen molar-refractivity contribution in [2.45, 2.75) is 71.3 Å². The van der Waals surface area contributed by atoms with Gasteiger partial charge in [-0.05, 0) is 77.6 Å². The van der Waals surface area contributed by atoms with Crippen LogP contribution in [0.5, 0.6) is 17.2 Å². The Bertz CT molecular complexity index is 2930. The number of amides is 1. The molecule has 17 nitrogen and oxygen atoms in total. The topological polar surface area (TPSA) is 249 Å². The van der Waals surface area contributed by atoms with Crippen molar-refractivity contribution >= 4 is 40.8 Å². The molecule has 0 fully saturated rings. The Morgan fingerprint density at radius 1 is 0.746 bits per heavy atom. The molecule has 0 unspecified atom stereocenters. The fraction of sp³-hybridized carbons (Fsp3) is 0.283. The second kappa shape index (κ2) is 24.3. The molecule has 0 bridgehead atoms. The Morgan fingerprint density at radius 2 is 1.38 bits per heavy atom. The molecule has 0 radical (unpaired) electrons. The Morgan fingerprint density at radius 3 is 2.07 bits per heavy atom. The SMILES string of the molecule is CNc1cncc(COc2cc(OCc3cccc(-c4cccc5c4CCN5C(=O)c4ccc(CNC[C@@H](O)CC(=O)O)c(OCc5cncc(C#N)c5)c4)c3C)c(Cl)cc2CNC[C@@H](O)CC(=O)O)c1. The highest BCUT2D eigenvalue weighted by atomic mass is 35.5. The van der Waals surface area contributed by atoms with Gasteiger partial charge >= 0.3 is 11.9 Å². The number of pyridine rings is 2. The quantitative estimate of drug-likeness (QED) is 0.0329. The second-order valence-electron chi connectivity index (χ2n) is 17.0. The van der Waals surface area contributed by atoms with E-state index in [-0.39, 0.29) is 51.9 Å². The van der Waals surface area contributed by atoms with E-state index in [4.69, 9.17) is 36.0 Å². The number of nitrogens with zero attached hydrogens (tertiary/aromatic N) is 4. The van der Waals surface area contributed by atoms with Crippen molar-refractivity contribution in [1.29, 1.82) is 5.26 Å². The molecule has 7 rings (SSSR count). The van der Waals surface area contributed by atoms with Crippen LogP contribution in [0.15, 0.2) is 104 Å². The summed E-state index contributed by atoms with van der Waals surface area (Å²) >= 11 is 6.83. The van der Waals surface area contributed by atoms with Crippen LogP contribution in [0.2, 0.25) is 5.02 Å². The van der Waals surface area contributed by atoms with Gasteiger partial charge in [-0.1, -0.05) is 48.0 Å². The molecule has 3 heterocycles. The lowest BCUT2D eigenvalue weighted by Gasteiger charge is -2.20. The van der Waals surface area contributed by atoms with Crippen molar-refractivity contribution in [2.75, 3.05) is 36.9 Å². The van der Waals surface area contributed by atoms with Crippen molar-refractivity contribution in [3.05, 3.63) is 159 Å². The number of carbonyl (C=O) groups excluding carboxylic acids is 1. The smallest absolute Gasteiger partial charge is 0.306 e. The highest BCUT2D eigenvalue weighted by molar-refractivity contribution is 6.32. The number of hydrogen-bond donors (Lipinski definition) is 7. The summed E-state index contributed by atoms with van der Waals surface area (Å²) in [5, 5.41) is 57.3. The van der Waals surface area contributed by atoms with Crippen molar-refractivity contribution in [1.82, 2.24) is 20.6 Å². The number of carbonyl (C=O) groups is 3. The number of rotatable bonds is 24. The van der Waals surface area contributed by atoms with Gasteiger partial charge in [0.25, 0.3) is 5.91 Å². The van der Waals surface area contributed by atoms with Gasteiger partial charge in [-0.15, -0.1) is 0 Å². The molecule has 71 heavy (non-hydrogen) atoms. The summed E-state index contributed by atoms with van der Waals surface area (Å²) in [6.07, 6.45) is 4.09. The summed E-state index contributed by atoms with van der Waals surface area (Å²) in [4.78, 5) is 46.7. The second-order valence-corrected chi connectivity index (χ2v) is 17.4. The number of nitriles is 1. The number of halogens is 1. The van der Waals surface area contributed by atoms with E-state index in [0.29, 0.717) is 63.1 Å². The lowest BCUT2D eigenvalue weighted by atomic mass is 9.92. The maximum atomic E-state index is 14.4. The molecule has 0 spiro atoms. The van der Waals surface area contributed by atoms with E-state index in [9.17, 15) is 29.9 Å². The molecular weight excluding hydrogens is 930 g/mol. The first-order valence-electron chi connectivity index (χ1n) is 22.8. The van der Waals surface area contributed by atoms with Crippen LogP contribution in [0.25, 0.3) is 11.1 Å². The van der Waals surface area contributed by atoms with Crippen molar-refractivity contribution in [2.24, 2.45) is 0 Å².